The van der Waals surface area contributed by atoms with E-state index in [1.165, 1.54) is 0 Å². The molecule has 2 aromatic rings. The highest BCUT2D eigenvalue weighted by atomic mass is 16.7. The summed E-state index contributed by atoms with van der Waals surface area (Å²) < 4.78 is 10.5. The number of hydrogen-bond acceptors (Lipinski definition) is 5. The number of nitrogens with two attached hydrogens (primary N) is 3. The first-order chi connectivity index (χ1) is 10.1. The molecule has 1 aromatic heterocycles. The number of amides is 2. The molecule has 0 saturated heterocycles. The Labute approximate surface area is 119 Å². The molecule has 1 aliphatic rings. The van der Waals surface area contributed by atoms with E-state index < -0.39 is 5.91 Å². The lowest BCUT2D eigenvalue weighted by atomic mass is 10.1. The van der Waals surface area contributed by atoms with Crippen molar-refractivity contribution in [2.45, 2.75) is 0 Å². The molecule has 8 nitrogen and oxygen atoms in total. The Morgan fingerprint density at radius 2 is 1.90 bits per heavy atom. The number of fused-ring (bicyclic) bond motifs is 1. The number of H-pyrrole nitrogens is 1. The number of primary amides is 2. The summed E-state index contributed by atoms with van der Waals surface area (Å²) in [5, 5.41) is 0. The van der Waals surface area contributed by atoms with Crippen molar-refractivity contribution in [1.82, 2.24) is 4.98 Å². The van der Waals surface area contributed by atoms with Crippen LogP contribution in [-0.2, 0) is 4.79 Å². The molecule has 110 valence electrons. The summed E-state index contributed by atoms with van der Waals surface area (Å²) in [5.74, 6) is 1.07. The summed E-state index contributed by atoms with van der Waals surface area (Å²) in [6.07, 6.45) is 0.250. The minimum absolute atomic E-state index is 0.220. The van der Waals surface area contributed by atoms with Crippen molar-refractivity contribution >= 4 is 18.1 Å². The van der Waals surface area contributed by atoms with Gasteiger partial charge in [0.2, 0.25) is 13.2 Å². The normalized spacial score (nSPS) is 11.4. The maximum absolute atomic E-state index is 11.1. The minimum atomic E-state index is -0.559. The maximum Gasteiger partial charge on any atom is 0.252 e. The number of anilines is 1. The summed E-state index contributed by atoms with van der Waals surface area (Å²) in [4.78, 5) is 22.6. The molecule has 21 heavy (non-hydrogen) atoms. The lowest BCUT2D eigenvalue weighted by molar-refractivity contribution is -0.106. The van der Waals surface area contributed by atoms with Gasteiger partial charge in [-0.25, -0.2) is 0 Å². The SMILES string of the molecule is NC(=O)c1cc(-c2ccc3c(c2)OCO3)[nH]c1N.NC=O. The van der Waals surface area contributed by atoms with Crippen LogP contribution >= 0.6 is 0 Å². The van der Waals surface area contributed by atoms with E-state index in [0.717, 1.165) is 5.56 Å². The van der Waals surface area contributed by atoms with Crippen LogP contribution in [0.4, 0.5) is 5.82 Å². The van der Waals surface area contributed by atoms with Gasteiger partial charge in [-0.2, -0.15) is 0 Å². The fourth-order valence-electron chi connectivity index (χ4n) is 1.89. The molecule has 2 heterocycles. The third-order valence-corrected chi connectivity index (χ3v) is 2.80. The molecule has 0 radical (unpaired) electrons. The number of aromatic nitrogens is 1. The summed E-state index contributed by atoms with van der Waals surface area (Å²) in [6, 6.07) is 7.09. The molecule has 2 amide bonds. The van der Waals surface area contributed by atoms with Crippen molar-refractivity contribution in [3.63, 3.8) is 0 Å². The number of nitrogen functional groups attached to an aromatic ring is 1. The fraction of sp³-hybridized carbons (Fsp3) is 0.0769. The summed E-state index contributed by atoms with van der Waals surface area (Å²) in [7, 11) is 0. The molecule has 0 saturated carbocycles. The number of nitrogens with one attached hydrogen (secondary N) is 1. The Morgan fingerprint density at radius 1 is 1.24 bits per heavy atom. The monoisotopic (exact) mass is 290 g/mol. The van der Waals surface area contributed by atoms with Crippen LogP contribution in [0.25, 0.3) is 11.3 Å². The quantitative estimate of drug-likeness (QED) is 0.583. The average molecular weight is 290 g/mol. The lowest BCUT2D eigenvalue weighted by Gasteiger charge is -2.00. The third-order valence-electron chi connectivity index (χ3n) is 2.80. The molecular formula is C13H14N4O4. The van der Waals surface area contributed by atoms with E-state index in [9.17, 15) is 4.79 Å². The second-order valence-corrected chi connectivity index (χ2v) is 4.08. The van der Waals surface area contributed by atoms with Gasteiger partial charge in [-0.3, -0.25) is 9.59 Å². The molecule has 0 fully saturated rings. The van der Waals surface area contributed by atoms with Crippen molar-refractivity contribution in [2.24, 2.45) is 11.5 Å². The number of hydrogen-bond donors (Lipinski definition) is 4. The standard InChI is InChI=1S/C12H11N3O3.CH3NO/c13-11-7(12(14)16)4-8(15-11)6-1-2-9-10(3-6)18-5-17-9;2-1-3/h1-4,15H,5,13H2,(H2,14,16);1H,(H2,2,3). The first-order valence-electron chi connectivity index (χ1n) is 5.90. The van der Waals surface area contributed by atoms with Gasteiger partial charge in [0.25, 0.3) is 5.91 Å². The third kappa shape index (κ3) is 2.89. The van der Waals surface area contributed by atoms with Crippen molar-refractivity contribution in [3.05, 3.63) is 29.8 Å². The van der Waals surface area contributed by atoms with E-state index in [1.54, 1.807) is 12.1 Å². The van der Waals surface area contributed by atoms with Crippen molar-refractivity contribution in [2.75, 3.05) is 12.5 Å². The predicted octanol–water partition coefficient (Wildman–Crippen LogP) is 0.193. The van der Waals surface area contributed by atoms with Crippen molar-refractivity contribution in [1.29, 1.82) is 0 Å². The van der Waals surface area contributed by atoms with E-state index in [1.807, 2.05) is 12.1 Å². The molecule has 3 rings (SSSR count). The number of carbonyl (C=O) groups excluding carboxylic acids is 2. The van der Waals surface area contributed by atoms with Crippen molar-refractivity contribution in [3.8, 4) is 22.8 Å². The second-order valence-electron chi connectivity index (χ2n) is 4.08. The van der Waals surface area contributed by atoms with E-state index in [4.69, 9.17) is 25.7 Å². The number of aromatic amines is 1. The highest BCUT2D eigenvalue weighted by Gasteiger charge is 2.16. The van der Waals surface area contributed by atoms with Gasteiger partial charge in [0.1, 0.15) is 5.82 Å². The van der Waals surface area contributed by atoms with Crippen LogP contribution in [0, 0.1) is 0 Å². The van der Waals surface area contributed by atoms with Gasteiger partial charge in [-0.15, -0.1) is 0 Å². The van der Waals surface area contributed by atoms with Crippen LogP contribution in [0.2, 0.25) is 0 Å². The number of carbonyl (C=O) groups is 2. The van der Waals surface area contributed by atoms with Crippen LogP contribution in [0.15, 0.2) is 24.3 Å². The van der Waals surface area contributed by atoms with E-state index in [2.05, 4.69) is 10.7 Å². The Kier molecular flexibility index (Phi) is 3.98. The highest BCUT2D eigenvalue weighted by Crippen LogP contribution is 2.36. The van der Waals surface area contributed by atoms with Gasteiger partial charge in [0.15, 0.2) is 11.5 Å². The van der Waals surface area contributed by atoms with Crippen LogP contribution in [0.5, 0.6) is 11.5 Å². The first kappa shape index (κ1) is 14.3. The minimum Gasteiger partial charge on any atom is -0.454 e. The van der Waals surface area contributed by atoms with Gasteiger partial charge < -0.3 is 31.7 Å². The van der Waals surface area contributed by atoms with Crippen molar-refractivity contribution < 1.29 is 19.1 Å². The van der Waals surface area contributed by atoms with Gasteiger partial charge >= 0.3 is 0 Å². The Balaban J connectivity index is 0.000000497. The average Bonchev–Trinajstić information content (AvgIpc) is 3.04. The first-order valence-corrected chi connectivity index (χ1v) is 5.90. The van der Waals surface area contributed by atoms with E-state index in [0.29, 0.717) is 17.2 Å². The molecule has 0 unspecified atom stereocenters. The zero-order valence-electron chi connectivity index (χ0n) is 11.0. The second kappa shape index (κ2) is 5.87. The van der Waals surface area contributed by atoms with Gasteiger partial charge in [0.05, 0.1) is 5.56 Å². The largest absolute Gasteiger partial charge is 0.454 e. The van der Waals surface area contributed by atoms with Gasteiger partial charge in [-0.05, 0) is 24.3 Å². The number of rotatable bonds is 2. The fourth-order valence-corrected chi connectivity index (χ4v) is 1.89. The van der Waals surface area contributed by atoms with Gasteiger partial charge in [0, 0.05) is 11.3 Å². The molecule has 0 bridgehead atoms. The zero-order valence-corrected chi connectivity index (χ0v) is 11.0. The number of ether oxygens (including phenoxy) is 2. The predicted molar refractivity (Wildman–Crippen MR) is 75.5 cm³/mol. The molecule has 8 heteroatoms. The maximum atomic E-state index is 11.1. The lowest BCUT2D eigenvalue weighted by Crippen LogP contribution is -2.11. The van der Waals surface area contributed by atoms with Crippen LogP contribution < -0.4 is 26.7 Å². The number of benzene rings is 1. The molecule has 0 atom stereocenters. The summed E-state index contributed by atoms with van der Waals surface area (Å²) in [5.41, 5.74) is 16.9. The van der Waals surface area contributed by atoms with E-state index in [-0.39, 0.29) is 24.6 Å². The van der Waals surface area contributed by atoms with Crippen LogP contribution in [0.1, 0.15) is 10.4 Å². The molecule has 7 N–H and O–H groups in total. The molecular weight excluding hydrogens is 276 g/mol. The smallest absolute Gasteiger partial charge is 0.252 e. The van der Waals surface area contributed by atoms with Gasteiger partial charge in [-0.1, -0.05) is 0 Å². The summed E-state index contributed by atoms with van der Waals surface area (Å²) >= 11 is 0. The zero-order chi connectivity index (χ0) is 15.4. The highest BCUT2D eigenvalue weighted by molar-refractivity contribution is 5.99. The molecule has 1 aliphatic heterocycles. The Morgan fingerprint density at radius 3 is 2.52 bits per heavy atom. The topological polar surface area (TPSA) is 146 Å². The summed E-state index contributed by atoms with van der Waals surface area (Å²) in [6.45, 7) is 0.220. The Hall–Kier alpha value is -3.16. The molecule has 1 aromatic carbocycles. The van der Waals surface area contributed by atoms with Crippen LogP contribution in [-0.4, -0.2) is 24.1 Å². The van der Waals surface area contributed by atoms with Crippen LogP contribution in [0.3, 0.4) is 0 Å². The molecule has 0 aliphatic carbocycles. The Bertz CT molecular complexity index is 681. The molecule has 0 spiro atoms. The van der Waals surface area contributed by atoms with E-state index >= 15 is 0 Å².